The van der Waals surface area contributed by atoms with Gasteiger partial charge in [0.05, 0.1) is 16.1 Å². The lowest BCUT2D eigenvalue weighted by Gasteiger charge is -2.22. The molecule has 1 unspecified atom stereocenters. The fourth-order valence-corrected chi connectivity index (χ4v) is 2.35. The van der Waals surface area contributed by atoms with E-state index in [0.29, 0.717) is 18.6 Å². The number of benzene rings is 2. The number of aliphatic hydroxyl groups is 1. The predicted octanol–water partition coefficient (Wildman–Crippen LogP) is 4.75. The number of ether oxygens (including phenoxy) is 1. The third kappa shape index (κ3) is 4.07. The van der Waals surface area contributed by atoms with Gasteiger partial charge in [-0.05, 0) is 59.1 Å². The first-order valence-corrected chi connectivity index (χ1v) is 7.44. The summed E-state index contributed by atoms with van der Waals surface area (Å²) in [6.07, 6.45) is 0.732. The Bertz CT molecular complexity index is 645. The highest BCUT2D eigenvalue weighted by atomic mass is 79.9. The fourth-order valence-electron chi connectivity index (χ4n) is 1.98. The lowest BCUT2D eigenvalue weighted by molar-refractivity contribution is 0.0492. The summed E-state index contributed by atoms with van der Waals surface area (Å²) in [4.78, 5) is 0. The number of hydrogen-bond acceptors (Lipinski definition) is 3. The molecule has 0 aliphatic rings. The predicted molar refractivity (Wildman–Crippen MR) is 85.1 cm³/mol. The molecule has 2 rings (SSSR count). The van der Waals surface area contributed by atoms with Crippen LogP contribution in [0.5, 0.6) is 11.5 Å². The second-order valence-corrected chi connectivity index (χ2v) is 5.84. The minimum atomic E-state index is -0.998. The Kier molecular flexibility index (Phi) is 5.00. The van der Waals surface area contributed by atoms with E-state index in [0.717, 1.165) is 15.8 Å². The van der Waals surface area contributed by atoms with Gasteiger partial charge in [0, 0.05) is 6.42 Å². The molecule has 0 fully saturated rings. The van der Waals surface area contributed by atoms with Crippen molar-refractivity contribution >= 4 is 15.9 Å². The first-order chi connectivity index (χ1) is 10.0. The van der Waals surface area contributed by atoms with Crippen LogP contribution in [0, 0.1) is 11.3 Å². The molecule has 3 nitrogen and oxygen atoms in total. The van der Waals surface area contributed by atoms with Crippen LogP contribution in [0.4, 0.5) is 0 Å². The third-order valence-electron chi connectivity index (χ3n) is 3.26. The van der Waals surface area contributed by atoms with Gasteiger partial charge in [-0.25, -0.2) is 0 Å². The van der Waals surface area contributed by atoms with Crippen LogP contribution >= 0.6 is 15.9 Å². The van der Waals surface area contributed by atoms with Gasteiger partial charge in [-0.3, -0.25) is 0 Å². The molecule has 0 spiro atoms. The maximum Gasteiger partial charge on any atom is 0.141 e. The summed E-state index contributed by atoms with van der Waals surface area (Å²) in [7, 11) is 0. The zero-order valence-electron chi connectivity index (χ0n) is 11.7. The van der Waals surface area contributed by atoms with Gasteiger partial charge in [-0.1, -0.05) is 24.3 Å². The van der Waals surface area contributed by atoms with Crippen molar-refractivity contribution in [1.29, 1.82) is 5.26 Å². The van der Waals surface area contributed by atoms with Gasteiger partial charge in [-0.15, -0.1) is 0 Å². The minimum absolute atomic E-state index is 0.322. The highest BCUT2D eigenvalue weighted by Gasteiger charge is 2.22. The summed E-state index contributed by atoms with van der Waals surface area (Å²) < 4.78 is 6.66. The molecule has 0 radical (unpaired) electrons. The molecular weight excluding hydrogens is 330 g/mol. The maximum absolute atomic E-state index is 10.3. The molecule has 1 atom stereocenters. The Morgan fingerprint density at radius 2 is 1.86 bits per heavy atom. The van der Waals surface area contributed by atoms with Crippen LogP contribution < -0.4 is 4.74 Å². The summed E-state index contributed by atoms with van der Waals surface area (Å²) in [5, 5.41) is 19.0. The molecule has 0 heterocycles. The quantitative estimate of drug-likeness (QED) is 0.850. The molecular formula is C17H16BrNO2. The van der Waals surface area contributed by atoms with E-state index in [1.807, 2.05) is 48.5 Å². The Morgan fingerprint density at radius 1 is 1.19 bits per heavy atom. The van der Waals surface area contributed by atoms with Crippen molar-refractivity contribution in [2.75, 3.05) is 0 Å². The van der Waals surface area contributed by atoms with Gasteiger partial charge in [0.2, 0.25) is 0 Å². The molecule has 0 amide bonds. The van der Waals surface area contributed by atoms with Crippen LogP contribution in [0.1, 0.15) is 25.3 Å². The number of rotatable bonds is 5. The fraction of sp³-hybridized carbons (Fsp3) is 0.235. The number of nitrogens with zero attached hydrogens (tertiary/aromatic N) is 1. The normalized spacial score (nSPS) is 13.2. The van der Waals surface area contributed by atoms with E-state index in [4.69, 9.17) is 10.00 Å². The molecule has 0 bridgehead atoms. The van der Waals surface area contributed by atoms with Crippen LogP contribution in [0.15, 0.2) is 53.0 Å². The van der Waals surface area contributed by atoms with Crippen molar-refractivity contribution in [2.24, 2.45) is 0 Å². The number of hydrogen-bond donors (Lipinski definition) is 1. The Hall–Kier alpha value is -1.83. The Morgan fingerprint density at radius 3 is 2.48 bits per heavy atom. The molecule has 1 N–H and O–H groups in total. The molecule has 2 aromatic carbocycles. The summed E-state index contributed by atoms with van der Waals surface area (Å²) in [5.74, 6) is 1.43. The molecule has 0 saturated carbocycles. The van der Waals surface area contributed by atoms with Gasteiger partial charge in [0.15, 0.2) is 0 Å². The van der Waals surface area contributed by atoms with Crippen LogP contribution in [0.25, 0.3) is 0 Å². The number of nitriles is 1. The van der Waals surface area contributed by atoms with Gasteiger partial charge in [-0.2, -0.15) is 5.26 Å². The SMILES string of the molecule is CC(O)(CCC#N)c1ccc(Oc2ccccc2Br)cc1. The van der Waals surface area contributed by atoms with Gasteiger partial charge < -0.3 is 9.84 Å². The molecule has 0 aromatic heterocycles. The van der Waals surface area contributed by atoms with E-state index in [9.17, 15) is 5.11 Å². The first kappa shape index (κ1) is 15.6. The molecule has 0 aliphatic heterocycles. The smallest absolute Gasteiger partial charge is 0.141 e. The highest BCUT2D eigenvalue weighted by molar-refractivity contribution is 9.10. The average Bonchev–Trinajstić information content (AvgIpc) is 2.48. The van der Waals surface area contributed by atoms with Gasteiger partial charge in [0.25, 0.3) is 0 Å². The lowest BCUT2D eigenvalue weighted by atomic mass is 9.91. The van der Waals surface area contributed by atoms with E-state index >= 15 is 0 Å². The topological polar surface area (TPSA) is 53.2 Å². The van der Waals surface area contributed by atoms with Gasteiger partial charge >= 0.3 is 0 Å². The van der Waals surface area contributed by atoms with E-state index in [2.05, 4.69) is 22.0 Å². The third-order valence-corrected chi connectivity index (χ3v) is 3.92. The van der Waals surface area contributed by atoms with Crippen molar-refractivity contribution in [2.45, 2.75) is 25.4 Å². The second kappa shape index (κ2) is 6.75. The number of halogens is 1. The van der Waals surface area contributed by atoms with Crippen LogP contribution in [0.2, 0.25) is 0 Å². The molecule has 2 aromatic rings. The summed E-state index contributed by atoms with van der Waals surface area (Å²) in [6.45, 7) is 1.72. The zero-order chi connectivity index (χ0) is 15.3. The van der Waals surface area contributed by atoms with E-state index < -0.39 is 5.60 Å². The summed E-state index contributed by atoms with van der Waals surface area (Å²) >= 11 is 3.43. The monoisotopic (exact) mass is 345 g/mol. The number of para-hydroxylation sites is 1. The molecule has 0 saturated heterocycles. The Labute approximate surface area is 132 Å². The maximum atomic E-state index is 10.3. The van der Waals surface area contributed by atoms with Crippen molar-refractivity contribution in [3.8, 4) is 17.6 Å². The van der Waals surface area contributed by atoms with Crippen molar-refractivity contribution < 1.29 is 9.84 Å². The first-order valence-electron chi connectivity index (χ1n) is 6.65. The summed E-state index contributed by atoms with van der Waals surface area (Å²) in [6, 6.07) is 16.9. The Balaban J connectivity index is 2.13. The molecule has 21 heavy (non-hydrogen) atoms. The van der Waals surface area contributed by atoms with E-state index in [1.165, 1.54) is 0 Å². The van der Waals surface area contributed by atoms with E-state index in [1.54, 1.807) is 6.92 Å². The average molecular weight is 346 g/mol. The molecule has 108 valence electrons. The van der Waals surface area contributed by atoms with Crippen molar-refractivity contribution in [1.82, 2.24) is 0 Å². The van der Waals surface area contributed by atoms with Gasteiger partial charge in [0.1, 0.15) is 11.5 Å². The zero-order valence-corrected chi connectivity index (χ0v) is 13.3. The van der Waals surface area contributed by atoms with Crippen LogP contribution in [0.3, 0.4) is 0 Å². The minimum Gasteiger partial charge on any atom is -0.456 e. The second-order valence-electron chi connectivity index (χ2n) is 4.99. The lowest BCUT2D eigenvalue weighted by Crippen LogP contribution is -2.20. The standard InChI is InChI=1S/C17H16BrNO2/c1-17(20,11-4-12-19)13-7-9-14(10-8-13)21-16-6-3-2-5-15(16)18/h2-3,5-10,20H,4,11H2,1H3. The van der Waals surface area contributed by atoms with E-state index in [-0.39, 0.29) is 0 Å². The highest BCUT2D eigenvalue weighted by Crippen LogP contribution is 2.31. The molecule has 0 aliphatic carbocycles. The largest absolute Gasteiger partial charge is 0.456 e. The van der Waals surface area contributed by atoms with Crippen molar-refractivity contribution in [3.63, 3.8) is 0 Å². The van der Waals surface area contributed by atoms with Crippen LogP contribution in [-0.2, 0) is 5.60 Å². The molecule has 4 heteroatoms. The summed E-state index contributed by atoms with van der Waals surface area (Å²) in [5.41, 5.74) is -0.223. The van der Waals surface area contributed by atoms with Crippen molar-refractivity contribution in [3.05, 3.63) is 58.6 Å². The van der Waals surface area contributed by atoms with Crippen LogP contribution in [-0.4, -0.2) is 5.11 Å².